The minimum absolute atomic E-state index is 0.412. The molecule has 0 aliphatic heterocycles. The number of rotatable bonds is 6. The van der Waals surface area contributed by atoms with Gasteiger partial charge in [0.1, 0.15) is 11.6 Å². The predicted octanol–water partition coefficient (Wildman–Crippen LogP) is 3.52. The number of para-hydroxylation sites is 1. The fraction of sp³-hybridized carbons (Fsp3) is 0.167. The van der Waals surface area contributed by atoms with E-state index >= 15 is 0 Å². The minimum Gasteiger partial charge on any atom is -0.467 e. The maximum absolute atomic E-state index is 11.9. The Labute approximate surface area is 145 Å². The molecule has 0 amide bonds. The van der Waals surface area contributed by atoms with Crippen LogP contribution in [0.1, 0.15) is 21.8 Å². The van der Waals surface area contributed by atoms with Gasteiger partial charge in [0.15, 0.2) is 0 Å². The Balaban J connectivity index is 1.80. The van der Waals surface area contributed by atoms with Gasteiger partial charge in [-0.2, -0.15) is 4.98 Å². The number of aromatic nitrogens is 2. The molecule has 0 saturated carbocycles. The molecule has 0 radical (unpaired) electrons. The molecule has 0 saturated heterocycles. The summed E-state index contributed by atoms with van der Waals surface area (Å²) in [6, 6.07) is 12.6. The molecule has 2 aromatic heterocycles. The van der Waals surface area contributed by atoms with Gasteiger partial charge in [0, 0.05) is 11.8 Å². The zero-order valence-corrected chi connectivity index (χ0v) is 13.9. The van der Waals surface area contributed by atoms with Crippen LogP contribution in [-0.2, 0) is 11.3 Å². The zero-order chi connectivity index (χ0) is 17.6. The number of benzene rings is 1. The monoisotopic (exact) mass is 338 g/mol. The van der Waals surface area contributed by atoms with Crippen molar-refractivity contribution >= 4 is 23.4 Å². The Morgan fingerprint density at radius 2 is 2.04 bits per heavy atom. The molecule has 3 rings (SSSR count). The number of nitrogens with one attached hydrogen (secondary N) is 2. The number of furan rings is 1. The molecule has 25 heavy (non-hydrogen) atoms. The van der Waals surface area contributed by atoms with Crippen LogP contribution >= 0.6 is 0 Å². The number of carbonyl (C=O) groups excluding carboxylic acids is 1. The van der Waals surface area contributed by atoms with E-state index in [9.17, 15) is 4.79 Å². The lowest BCUT2D eigenvalue weighted by atomic mass is 10.2. The van der Waals surface area contributed by atoms with Crippen LogP contribution in [0.2, 0.25) is 0 Å². The summed E-state index contributed by atoms with van der Waals surface area (Å²) in [7, 11) is 1.35. The summed E-state index contributed by atoms with van der Waals surface area (Å²) < 4.78 is 10.1. The first-order chi connectivity index (χ1) is 12.2. The average molecular weight is 338 g/mol. The minimum atomic E-state index is -0.412. The van der Waals surface area contributed by atoms with Crippen LogP contribution < -0.4 is 10.6 Å². The molecule has 1 aromatic carbocycles. The molecule has 128 valence electrons. The van der Waals surface area contributed by atoms with Crippen LogP contribution in [0.4, 0.5) is 17.5 Å². The van der Waals surface area contributed by atoms with Gasteiger partial charge in [0.05, 0.1) is 31.2 Å². The van der Waals surface area contributed by atoms with Crippen LogP contribution in [0.15, 0.2) is 53.1 Å². The van der Waals surface area contributed by atoms with Crippen molar-refractivity contribution < 1.29 is 13.9 Å². The number of aryl methyl sites for hydroxylation is 1. The standard InChI is InChI=1S/C18H18N4O3/c1-12-10-16(21-15-8-4-3-7-14(15)17(23)24-2)22-18(20-12)19-11-13-6-5-9-25-13/h3-10H,11H2,1-2H3,(H2,19,20,21,22). The van der Waals surface area contributed by atoms with Gasteiger partial charge in [-0.15, -0.1) is 0 Å². The van der Waals surface area contributed by atoms with E-state index in [-0.39, 0.29) is 0 Å². The van der Waals surface area contributed by atoms with Gasteiger partial charge in [0.25, 0.3) is 0 Å². The van der Waals surface area contributed by atoms with Crippen molar-refractivity contribution in [1.82, 2.24) is 9.97 Å². The molecular formula is C18H18N4O3. The maximum atomic E-state index is 11.9. The van der Waals surface area contributed by atoms with Gasteiger partial charge in [-0.25, -0.2) is 9.78 Å². The Kier molecular flexibility index (Phi) is 4.94. The molecule has 0 spiro atoms. The van der Waals surface area contributed by atoms with E-state index in [1.807, 2.05) is 25.1 Å². The Morgan fingerprint density at radius 1 is 1.20 bits per heavy atom. The summed E-state index contributed by atoms with van der Waals surface area (Å²) >= 11 is 0. The van der Waals surface area contributed by atoms with Gasteiger partial charge in [-0.1, -0.05) is 12.1 Å². The summed E-state index contributed by atoms with van der Waals surface area (Å²) in [5.41, 5.74) is 1.84. The topological polar surface area (TPSA) is 89.3 Å². The van der Waals surface area contributed by atoms with Crippen LogP contribution in [0.3, 0.4) is 0 Å². The molecule has 0 atom stereocenters. The maximum Gasteiger partial charge on any atom is 0.339 e. The van der Waals surface area contributed by atoms with Gasteiger partial charge in [-0.05, 0) is 31.2 Å². The summed E-state index contributed by atoms with van der Waals surface area (Å²) in [6.07, 6.45) is 1.62. The molecule has 2 heterocycles. The highest BCUT2D eigenvalue weighted by atomic mass is 16.5. The summed E-state index contributed by atoms with van der Waals surface area (Å²) in [5, 5.41) is 6.26. The predicted molar refractivity (Wildman–Crippen MR) is 93.9 cm³/mol. The van der Waals surface area contributed by atoms with E-state index in [2.05, 4.69) is 20.6 Å². The van der Waals surface area contributed by atoms with Crippen LogP contribution in [0.25, 0.3) is 0 Å². The molecule has 0 aliphatic carbocycles. The van der Waals surface area contributed by atoms with Gasteiger partial charge >= 0.3 is 5.97 Å². The third kappa shape index (κ3) is 4.14. The first-order valence-corrected chi connectivity index (χ1v) is 7.72. The summed E-state index contributed by atoms with van der Waals surface area (Å²) in [5.74, 6) is 1.42. The highest BCUT2D eigenvalue weighted by molar-refractivity contribution is 5.96. The second-order valence-electron chi connectivity index (χ2n) is 5.31. The molecule has 7 heteroatoms. The second kappa shape index (κ2) is 7.48. The highest BCUT2D eigenvalue weighted by Gasteiger charge is 2.12. The molecule has 0 aliphatic rings. The number of nitrogens with zero attached hydrogens (tertiary/aromatic N) is 2. The van der Waals surface area contributed by atoms with Gasteiger partial charge in [0.2, 0.25) is 5.95 Å². The Morgan fingerprint density at radius 3 is 2.80 bits per heavy atom. The van der Waals surface area contributed by atoms with Crippen molar-refractivity contribution in [1.29, 1.82) is 0 Å². The SMILES string of the molecule is COC(=O)c1ccccc1Nc1cc(C)nc(NCc2ccco2)n1. The van der Waals surface area contributed by atoms with E-state index in [0.29, 0.717) is 29.6 Å². The van der Waals surface area contributed by atoms with Gasteiger partial charge < -0.3 is 19.8 Å². The summed E-state index contributed by atoms with van der Waals surface area (Å²) in [6.45, 7) is 2.35. The number of esters is 1. The van der Waals surface area contributed by atoms with Crippen molar-refractivity contribution in [2.24, 2.45) is 0 Å². The van der Waals surface area contributed by atoms with E-state index in [0.717, 1.165) is 11.5 Å². The fourth-order valence-electron chi connectivity index (χ4n) is 2.31. The zero-order valence-electron chi connectivity index (χ0n) is 13.9. The molecule has 7 nitrogen and oxygen atoms in total. The average Bonchev–Trinajstić information content (AvgIpc) is 3.13. The molecule has 3 aromatic rings. The van der Waals surface area contributed by atoms with Crippen LogP contribution in [-0.4, -0.2) is 23.0 Å². The van der Waals surface area contributed by atoms with Crippen LogP contribution in [0, 0.1) is 6.92 Å². The molecular weight excluding hydrogens is 320 g/mol. The van der Waals surface area contributed by atoms with E-state index in [4.69, 9.17) is 9.15 Å². The summed E-state index contributed by atoms with van der Waals surface area (Å²) in [4.78, 5) is 20.7. The third-order valence-electron chi connectivity index (χ3n) is 3.45. The second-order valence-corrected chi connectivity index (χ2v) is 5.31. The molecule has 0 fully saturated rings. The number of carbonyl (C=O) groups is 1. The number of hydrogen-bond acceptors (Lipinski definition) is 7. The first-order valence-electron chi connectivity index (χ1n) is 7.72. The van der Waals surface area contributed by atoms with E-state index < -0.39 is 5.97 Å². The normalized spacial score (nSPS) is 10.3. The molecule has 0 unspecified atom stereocenters. The van der Waals surface area contributed by atoms with Crippen molar-refractivity contribution in [3.8, 4) is 0 Å². The quantitative estimate of drug-likeness (QED) is 0.665. The number of anilines is 3. The van der Waals surface area contributed by atoms with Crippen molar-refractivity contribution in [2.45, 2.75) is 13.5 Å². The fourth-order valence-corrected chi connectivity index (χ4v) is 2.31. The lowest BCUT2D eigenvalue weighted by molar-refractivity contribution is 0.0602. The number of methoxy groups -OCH3 is 1. The van der Waals surface area contributed by atoms with E-state index in [1.165, 1.54) is 7.11 Å². The largest absolute Gasteiger partial charge is 0.467 e. The lowest BCUT2D eigenvalue weighted by Crippen LogP contribution is -2.08. The highest BCUT2D eigenvalue weighted by Crippen LogP contribution is 2.21. The Hall–Kier alpha value is -3.35. The number of hydrogen-bond donors (Lipinski definition) is 2. The lowest BCUT2D eigenvalue weighted by Gasteiger charge is -2.12. The molecule has 2 N–H and O–H groups in total. The first kappa shape index (κ1) is 16.5. The van der Waals surface area contributed by atoms with Crippen molar-refractivity contribution in [3.05, 3.63) is 65.7 Å². The van der Waals surface area contributed by atoms with Crippen LogP contribution in [0.5, 0.6) is 0 Å². The van der Waals surface area contributed by atoms with Crippen molar-refractivity contribution in [2.75, 3.05) is 17.7 Å². The van der Waals surface area contributed by atoms with E-state index in [1.54, 1.807) is 30.5 Å². The smallest absolute Gasteiger partial charge is 0.339 e. The van der Waals surface area contributed by atoms with Gasteiger partial charge in [-0.3, -0.25) is 0 Å². The third-order valence-corrected chi connectivity index (χ3v) is 3.45. The Bertz CT molecular complexity index is 863. The number of ether oxygens (including phenoxy) is 1. The van der Waals surface area contributed by atoms with Crippen molar-refractivity contribution in [3.63, 3.8) is 0 Å². The molecule has 0 bridgehead atoms.